The Labute approximate surface area is 164 Å². The molecule has 0 aliphatic carbocycles. The predicted octanol–water partition coefficient (Wildman–Crippen LogP) is 4.99. The quantitative estimate of drug-likeness (QED) is 0.477. The van der Waals surface area contributed by atoms with Gasteiger partial charge in [-0.15, -0.1) is 0 Å². The monoisotopic (exact) mass is 402 g/mol. The van der Waals surface area contributed by atoms with Crippen molar-refractivity contribution in [1.82, 2.24) is 9.97 Å². The Kier molecular flexibility index (Phi) is 5.60. The maximum Gasteiger partial charge on any atom is 0.358 e. The molecule has 3 aromatic rings. The fourth-order valence-electron chi connectivity index (χ4n) is 2.25. The van der Waals surface area contributed by atoms with E-state index in [1.165, 1.54) is 13.2 Å². The van der Waals surface area contributed by atoms with E-state index in [4.69, 9.17) is 38.9 Å². The minimum absolute atomic E-state index is 0.0246. The van der Waals surface area contributed by atoms with Gasteiger partial charge in [0.2, 0.25) is 5.69 Å². The van der Waals surface area contributed by atoms with Crippen molar-refractivity contribution in [3.8, 4) is 11.4 Å². The summed E-state index contributed by atoms with van der Waals surface area (Å²) in [5, 5.41) is 3.35. The van der Waals surface area contributed by atoms with Gasteiger partial charge in [0.15, 0.2) is 11.5 Å². The lowest BCUT2D eigenvalue weighted by Crippen LogP contribution is -2.11. The Morgan fingerprint density at radius 3 is 2.81 bits per heavy atom. The molecular formula is C18H12Cl2N4O3. The Bertz CT molecular complexity index is 1030. The maximum absolute atomic E-state index is 12.1. The van der Waals surface area contributed by atoms with Gasteiger partial charge >= 0.3 is 5.97 Å². The number of carbonyl (C=O) groups is 1. The zero-order valence-corrected chi connectivity index (χ0v) is 15.5. The van der Waals surface area contributed by atoms with E-state index in [0.29, 0.717) is 22.9 Å². The number of aromatic nitrogens is 2. The van der Waals surface area contributed by atoms with Crippen LogP contribution in [0, 0.1) is 6.57 Å². The molecule has 136 valence electrons. The van der Waals surface area contributed by atoms with Gasteiger partial charge in [0.05, 0.1) is 26.5 Å². The molecule has 1 aromatic carbocycles. The zero-order valence-electron chi connectivity index (χ0n) is 14.0. The average Bonchev–Trinajstić information content (AvgIpc) is 3.20. The van der Waals surface area contributed by atoms with Gasteiger partial charge in [-0.1, -0.05) is 35.3 Å². The molecule has 0 aliphatic rings. The van der Waals surface area contributed by atoms with Crippen LogP contribution < -0.4 is 5.32 Å². The van der Waals surface area contributed by atoms with Gasteiger partial charge < -0.3 is 14.5 Å². The molecule has 0 saturated carbocycles. The number of halogens is 2. The van der Waals surface area contributed by atoms with Crippen LogP contribution >= 0.6 is 23.2 Å². The first kappa shape index (κ1) is 18.7. The molecule has 27 heavy (non-hydrogen) atoms. The van der Waals surface area contributed by atoms with Crippen molar-refractivity contribution in [2.45, 2.75) is 6.54 Å². The fourth-order valence-corrected chi connectivity index (χ4v) is 2.63. The SMILES string of the molecule is [C-]#[N+]c1cc(-c2nc(NCc3ccco3)c(Cl)c(C(=O)OC)n2)ccc1Cl. The molecule has 0 bridgehead atoms. The van der Waals surface area contributed by atoms with Crippen LogP contribution in [0.25, 0.3) is 16.2 Å². The molecule has 0 radical (unpaired) electrons. The summed E-state index contributed by atoms with van der Waals surface area (Å²) >= 11 is 12.3. The number of rotatable bonds is 5. The summed E-state index contributed by atoms with van der Waals surface area (Å²) in [5.74, 6) is 0.387. The molecule has 3 rings (SSSR count). The summed E-state index contributed by atoms with van der Waals surface area (Å²) in [6.45, 7) is 7.49. The summed E-state index contributed by atoms with van der Waals surface area (Å²) < 4.78 is 10.0. The van der Waals surface area contributed by atoms with Crippen LogP contribution in [-0.2, 0) is 11.3 Å². The summed E-state index contributed by atoms with van der Waals surface area (Å²) in [7, 11) is 1.23. The molecule has 2 heterocycles. The van der Waals surface area contributed by atoms with E-state index in [0.717, 1.165) is 0 Å². The van der Waals surface area contributed by atoms with Crippen molar-refractivity contribution in [2.24, 2.45) is 0 Å². The van der Waals surface area contributed by atoms with E-state index in [1.54, 1.807) is 30.5 Å². The first-order chi connectivity index (χ1) is 13.0. The second kappa shape index (κ2) is 8.08. The topological polar surface area (TPSA) is 81.6 Å². The van der Waals surface area contributed by atoms with Crippen LogP contribution in [0.4, 0.5) is 11.5 Å². The number of methoxy groups -OCH3 is 1. The molecule has 0 spiro atoms. The number of nitrogens with one attached hydrogen (secondary N) is 1. The average molecular weight is 403 g/mol. The normalized spacial score (nSPS) is 10.3. The summed E-state index contributed by atoms with van der Waals surface area (Å²) in [6, 6.07) is 8.29. The third-order valence-electron chi connectivity index (χ3n) is 3.56. The van der Waals surface area contributed by atoms with Crippen LogP contribution in [0.1, 0.15) is 16.2 Å². The van der Waals surface area contributed by atoms with E-state index in [2.05, 4.69) is 20.1 Å². The van der Waals surface area contributed by atoms with Gasteiger partial charge in [-0.05, 0) is 18.2 Å². The Balaban J connectivity index is 2.06. The number of benzene rings is 1. The van der Waals surface area contributed by atoms with E-state index in [-0.39, 0.29) is 28.0 Å². The van der Waals surface area contributed by atoms with Crippen molar-refractivity contribution >= 4 is 40.7 Å². The molecule has 0 atom stereocenters. The van der Waals surface area contributed by atoms with Gasteiger partial charge in [0, 0.05) is 10.6 Å². The minimum Gasteiger partial charge on any atom is -0.467 e. The predicted molar refractivity (Wildman–Crippen MR) is 101 cm³/mol. The van der Waals surface area contributed by atoms with E-state index >= 15 is 0 Å². The molecule has 0 fully saturated rings. The number of esters is 1. The second-order valence-electron chi connectivity index (χ2n) is 5.26. The number of ether oxygens (including phenoxy) is 1. The number of hydrogen-bond donors (Lipinski definition) is 1. The van der Waals surface area contributed by atoms with Gasteiger partial charge in [-0.3, -0.25) is 0 Å². The minimum atomic E-state index is -0.705. The third-order valence-corrected chi connectivity index (χ3v) is 4.24. The smallest absolute Gasteiger partial charge is 0.358 e. The molecule has 7 nitrogen and oxygen atoms in total. The number of hydrogen-bond acceptors (Lipinski definition) is 6. The van der Waals surface area contributed by atoms with Gasteiger partial charge in [-0.2, -0.15) is 0 Å². The highest BCUT2D eigenvalue weighted by Crippen LogP contribution is 2.32. The second-order valence-corrected chi connectivity index (χ2v) is 6.05. The number of furan rings is 1. The summed E-state index contributed by atoms with van der Waals surface area (Å²) in [6.07, 6.45) is 1.55. The molecule has 0 unspecified atom stereocenters. The van der Waals surface area contributed by atoms with E-state index in [1.807, 2.05) is 0 Å². The molecule has 0 amide bonds. The zero-order chi connectivity index (χ0) is 19.4. The third kappa shape index (κ3) is 4.03. The van der Waals surface area contributed by atoms with Crippen LogP contribution in [0.15, 0.2) is 41.0 Å². The standard InChI is InChI=1S/C18H12Cl2N4O3/c1-21-13-8-10(5-6-12(13)19)16-23-15(18(25)26-2)14(20)17(24-16)22-9-11-4-3-7-27-11/h3-8H,9H2,2H3,(H,22,23,24). The van der Waals surface area contributed by atoms with Crippen molar-refractivity contribution in [2.75, 3.05) is 12.4 Å². The maximum atomic E-state index is 12.1. The number of nitrogens with zero attached hydrogens (tertiary/aromatic N) is 3. The first-order valence-corrected chi connectivity index (χ1v) is 8.38. The van der Waals surface area contributed by atoms with Crippen molar-refractivity contribution in [3.05, 3.63) is 69.5 Å². The van der Waals surface area contributed by atoms with Gasteiger partial charge in [0.25, 0.3) is 0 Å². The van der Waals surface area contributed by atoms with Crippen LogP contribution in [0.2, 0.25) is 10.0 Å². The van der Waals surface area contributed by atoms with E-state index in [9.17, 15) is 4.79 Å². The summed E-state index contributed by atoms with van der Waals surface area (Å²) in [4.78, 5) is 24.0. The summed E-state index contributed by atoms with van der Waals surface area (Å²) in [5.41, 5.74) is 0.663. The van der Waals surface area contributed by atoms with Gasteiger partial charge in [-0.25, -0.2) is 19.6 Å². The van der Waals surface area contributed by atoms with Crippen LogP contribution in [0.3, 0.4) is 0 Å². The molecule has 0 saturated heterocycles. The molecule has 9 heteroatoms. The van der Waals surface area contributed by atoms with Crippen molar-refractivity contribution < 1.29 is 13.9 Å². The van der Waals surface area contributed by atoms with Crippen molar-refractivity contribution in [3.63, 3.8) is 0 Å². The lowest BCUT2D eigenvalue weighted by molar-refractivity contribution is 0.0594. The fraction of sp³-hybridized carbons (Fsp3) is 0.111. The molecule has 1 N–H and O–H groups in total. The van der Waals surface area contributed by atoms with Gasteiger partial charge in [0.1, 0.15) is 16.6 Å². The lowest BCUT2D eigenvalue weighted by atomic mass is 10.2. The number of anilines is 1. The Morgan fingerprint density at radius 2 is 2.15 bits per heavy atom. The van der Waals surface area contributed by atoms with Crippen molar-refractivity contribution in [1.29, 1.82) is 0 Å². The Hall–Kier alpha value is -3.08. The highest BCUT2D eigenvalue weighted by atomic mass is 35.5. The molecular weight excluding hydrogens is 391 g/mol. The van der Waals surface area contributed by atoms with E-state index < -0.39 is 5.97 Å². The number of carbonyl (C=O) groups excluding carboxylic acids is 1. The lowest BCUT2D eigenvalue weighted by Gasteiger charge is -2.12. The van der Waals surface area contributed by atoms with Crippen LogP contribution in [-0.4, -0.2) is 23.0 Å². The highest BCUT2D eigenvalue weighted by molar-refractivity contribution is 6.35. The highest BCUT2D eigenvalue weighted by Gasteiger charge is 2.20. The Morgan fingerprint density at radius 1 is 1.33 bits per heavy atom. The molecule has 0 aliphatic heterocycles. The van der Waals surface area contributed by atoms with Crippen LogP contribution in [0.5, 0.6) is 0 Å². The molecule has 2 aromatic heterocycles. The first-order valence-electron chi connectivity index (χ1n) is 7.63. The largest absolute Gasteiger partial charge is 0.467 e.